The number of anilines is 1. The monoisotopic (exact) mass is 355 g/mol. The summed E-state index contributed by atoms with van der Waals surface area (Å²) in [5.74, 6) is 0.485. The molecular formula is C17H26ClN3O3. The minimum absolute atomic E-state index is 0. The van der Waals surface area contributed by atoms with Gasteiger partial charge < -0.3 is 10.1 Å². The van der Waals surface area contributed by atoms with Crippen molar-refractivity contribution in [2.45, 2.75) is 45.7 Å². The number of hydrogen-bond acceptors (Lipinski definition) is 5. The number of carbonyl (C=O) groups is 2. The van der Waals surface area contributed by atoms with Crippen molar-refractivity contribution < 1.29 is 14.3 Å². The van der Waals surface area contributed by atoms with Crippen LogP contribution in [-0.2, 0) is 9.59 Å². The van der Waals surface area contributed by atoms with E-state index in [2.05, 4.69) is 5.32 Å². The van der Waals surface area contributed by atoms with Gasteiger partial charge in [0.05, 0.1) is 19.0 Å². The van der Waals surface area contributed by atoms with Crippen molar-refractivity contribution in [2.75, 3.05) is 19.0 Å². The molecule has 2 rings (SSSR count). The lowest BCUT2D eigenvalue weighted by Crippen LogP contribution is -2.57. The molecule has 7 heteroatoms. The molecule has 1 N–H and O–H groups in total. The minimum Gasteiger partial charge on any atom is -0.495 e. The molecule has 0 bridgehead atoms. The van der Waals surface area contributed by atoms with Crippen molar-refractivity contribution in [3.63, 3.8) is 0 Å². The van der Waals surface area contributed by atoms with Gasteiger partial charge in [0.2, 0.25) is 11.8 Å². The summed E-state index contributed by atoms with van der Waals surface area (Å²) in [4.78, 5) is 24.4. The molecule has 134 valence electrons. The molecule has 1 saturated heterocycles. The first-order valence-corrected chi connectivity index (χ1v) is 8.10. The normalized spacial score (nSPS) is 15.9. The van der Waals surface area contributed by atoms with Crippen molar-refractivity contribution in [3.05, 3.63) is 24.3 Å². The third-order valence-electron chi connectivity index (χ3n) is 3.88. The molecule has 1 fully saturated rings. The molecule has 1 aliphatic rings. The van der Waals surface area contributed by atoms with Crippen molar-refractivity contribution >= 4 is 29.9 Å². The number of carbonyl (C=O) groups excluding carboxylic acids is 2. The molecule has 2 amide bonds. The number of hydrogen-bond donors (Lipinski definition) is 1. The Bertz CT molecular complexity index is 552. The SMILES string of the molecule is CCCN(C(C)Nc1ccccc1OC)N1C(=O)CCCC1=O.Cl. The first-order chi connectivity index (χ1) is 11.1. The second-order valence-electron chi connectivity index (χ2n) is 5.64. The molecule has 24 heavy (non-hydrogen) atoms. The van der Waals surface area contributed by atoms with Crippen LogP contribution in [0.3, 0.4) is 0 Å². The van der Waals surface area contributed by atoms with Gasteiger partial charge in [-0.15, -0.1) is 12.4 Å². The summed E-state index contributed by atoms with van der Waals surface area (Å²) in [6, 6.07) is 7.60. The molecule has 1 aromatic carbocycles. The van der Waals surface area contributed by atoms with Gasteiger partial charge in [-0.1, -0.05) is 19.1 Å². The van der Waals surface area contributed by atoms with Crippen LogP contribution in [0.2, 0.25) is 0 Å². The van der Waals surface area contributed by atoms with Crippen LogP contribution in [0.25, 0.3) is 0 Å². The molecule has 0 spiro atoms. The Balaban J connectivity index is 0.00000288. The number of rotatable bonds is 7. The predicted octanol–water partition coefficient (Wildman–Crippen LogP) is 3.04. The third-order valence-corrected chi connectivity index (χ3v) is 3.88. The number of methoxy groups -OCH3 is 1. The highest BCUT2D eigenvalue weighted by Crippen LogP contribution is 2.25. The second-order valence-corrected chi connectivity index (χ2v) is 5.64. The quantitative estimate of drug-likeness (QED) is 0.601. The van der Waals surface area contributed by atoms with Crippen LogP contribution < -0.4 is 10.1 Å². The Labute approximate surface area is 149 Å². The van der Waals surface area contributed by atoms with Gasteiger partial charge in [-0.3, -0.25) is 9.59 Å². The number of hydrazine groups is 1. The fraction of sp³-hybridized carbons (Fsp3) is 0.529. The van der Waals surface area contributed by atoms with Crippen molar-refractivity contribution in [1.29, 1.82) is 0 Å². The average molecular weight is 356 g/mol. The highest BCUT2D eigenvalue weighted by atomic mass is 35.5. The molecule has 1 aromatic rings. The van der Waals surface area contributed by atoms with Gasteiger partial charge in [0.25, 0.3) is 0 Å². The zero-order chi connectivity index (χ0) is 16.8. The van der Waals surface area contributed by atoms with Crippen LogP contribution in [0.15, 0.2) is 24.3 Å². The Kier molecular flexibility index (Phi) is 8.01. The highest BCUT2D eigenvalue weighted by molar-refractivity contribution is 5.96. The van der Waals surface area contributed by atoms with Gasteiger partial charge in [-0.25, -0.2) is 5.01 Å². The number of amides is 2. The lowest BCUT2D eigenvalue weighted by Gasteiger charge is -2.39. The number of ether oxygens (including phenoxy) is 1. The predicted molar refractivity (Wildman–Crippen MR) is 96.0 cm³/mol. The first kappa shape index (κ1) is 20.3. The maximum atomic E-state index is 12.2. The zero-order valence-electron chi connectivity index (χ0n) is 14.4. The second kappa shape index (κ2) is 9.49. The van der Waals surface area contributed by atoms with E-state index in [1.165, 1.54) is 5.01 Å². The van der Waals surface area contributed by atoms with Crippen LogP contribution in [0.4, 0.5) is 5.69 Å². The summed E-state index contributed by atoms with van der Waals surface area (Å²) in [5, 5.41) is 6.47. The summed E-state index contributed by atoms with van der Waals surface area (Å²) in [7, 11) is 1.62. The van der Waals surface area contributed by atoms with Crippen molar-refractivity contribution in [2.24, 2.45) is 0 Å². The maximum absolute atomic E-state index is 12.2. The summed E-state index contributed by atoms with van der Waals surface area (Å²) in [6.45, 7) is 4.60. The number of nitrogens with one attached hydrogen (secondary N) is 1. The molecule has 0 aromatic heterocycles. The molecule has 1 unspecified atom stereocenters. The summed E-state index contributed by atoms with van der Waals surface area (Å²) < 4.78 is 5.35. The number of nitrogens with zero attached hydrogens (tertiary/aromatic N) is 2. The number of benzene rings is 1. The topological polar surface area (TPSA) is 61.9 Å². The smallest absolute Gasteiger partial charge is 0.244 e. The van der Waals surface area contributed by atoms with E-state index in [1.807, 2.05) is 43.1 Å². The van der Waals surface area contributed by atoms with E-state index >= 15 is 0 Å². The minimum atomic E-state index is -0.211. The van der Waals surface area contributed by atoms with Crippen LogP contribution in [0, 0.1) is 0 Å². The number of piperidine rings is 1. The number of para-hydroxylation sites is 2. The number of halogens is 1. The highest BCUT2D eigenvalue weighted by Gasteiger charge is 2.33. The van der Waals surface area contributed by atoms with Crippen LogP contribution in [0.1, 0.15) is 39.5 Å². The maximum Gasteiger partial charge on any atom is 0.244 e. The van der Waals surface area contributed by atoms with E-state index in [0.717, 1.165) is 17.9 Å². The van der Waals surface area contributed by atoms with E-state index in [-0.39, 0.29) is 30.4 Å². The Morgan fingerprint density at radius 3 is 2.46 bits per heavy atom. The lowest BCUT2D eigenvalue weighted by molar-refractivity contribution is -0.171. The fourth-order valence-electron chi connectivity index (χ4n) is 2.79. The van der Waals surface area contributed by atoms with Crippen molar-refractivity contribution in [3.8, 4) is 5.75 Å². The van der Waals surface area contributed by atoms with E-state index in [4.69, 9.17) is 4.74 Å². The Morgan fingerprint density at radius 1 is 1.25 bits per heavy atom. The van der Waals surface area contributed by atoms with Gasteiger partial charge in [0, 0.05) is 19.4 Å². The van der Waals surface area contributed by atoms with Crippen molar-refractivity contribution in [1.82, 2.24) is 10.0 Å². The molecule has 6 nitrogen and oxygen atoms in total. The first-order valence-electron chi connectivity index (χ1n) is 8.10. The summed E-state index contributed by atoms with van der Waals surface area (Å²) in [5.41, 5.74) is 0.834. The molecule has 1 atom stereocenters. The van der Waals surface area contributed by atoms with E-state index in [0.29, 0.717) is 25.8 Å². The third kappa shape index (κ3) is 4.61. The molecule has 0 radical (unpaired) electrons. The average Bonchev–Trinajstić information content (AvgIpc) is 2.54. The summed E-state index contributed by atoms with van der Waals surface area (Å²) in [6.07, 6.45) is 2.12. The molecule has 0 aliphatic carbocycles. The van der Waals surface area contributed by atoms with E-state index < -0.39 is 0 Å². The van der Waals surface area contributed by atoms with Gasteiger partial charge in [0.15, 0.2) is 0 Å². The lowest BCUT2D eigenvalue weighted by atomic mass is 10.1. The van der Waals surface area contributed by atoms with Gasteiger partial charge >= 0.3 is 0 Å². The Hall–Kier alpha value is -1.79. The largest absolute Gasteiger partial charge is 0.495 e. The molecular weight excluding hydrogens is 330 g/mol. The van der Waals surface area contributed by atoms with Crippen LogP contribution >= 0.6 is 12.4 Å². The molecule has 0 saturated carbocycles. The number of imide groups is 1. The zero-order valence-corrected chi connectivity index (χ0v) is 15.3. The molecule has 1 aliphatic heterocycles. The van der Waals surface area contributed by atoms with E-state index in [9.17, 15) is 9.59 Å². The van der Waals surface area contributed by atoms with Gasteiger partial charge in [-0.2, -0.15) is 5.01 Å². The fourth-order valence-corrected chi connectivity index (χ4v) is 2.79. The molecule has 1 heterocycles. The van der Waals surface area contributed by atoms with Crippen LogP contribution in [0.5, 0.6) is 5.75 Å². The Morgan fingerprint density at radius 2 is 1.88 bits per heavy atom. The van der Waals surface area contributed by atoms with E-state index in [1.54, 1.807) is 7.11 Å². The standard InChI is InChI=1S/C17H25N3O3.ClH/c1-4-12-19(20-16(21)10-7-11-17(20)22)13(2)18-14-8-5-6-9-15(14)23-3;/h5-6,8-9,13,18H,4,7,10-12H2,1-3H3;1H. The summed E-state index contributed by atoms with van der Waals surface area (Å²) >= 11 is 0. The van der Waals surface area contributed by atoms with Gasteiger partial charge in [0.1, 0.15) is 5.75 Å². The van der Waals surface area contributed by atoms with Gasteiger partial charge in [-0.05, 0) is 31.9 Å². The van der Waals surface area contributed by atoms with Crippen LogP contribution in [-0.4, -0.2) is 41.7 Å².